The van der Waals surface area contributed by atoms with Crippen molar-refractivity contribution in [3.8, 4) is 0 Å². The van der Waals surface area contributed by atoms with Crippen LogP contribution in [0.15, 0.2) is 5.03 Å². The van der Waals surface area contributed by atoms with E-state index < -0.39 is 5.60 Å². The zero-order valence-corrected chi connectivity index (χ0v) is 13.4. The fraction of sp³-hybridized carbons (Fsp3) is 0.643. The van der Waals surface area contributed by atoms with Gasteiger partial charge in [0.25, 0.3) is 5.91 Å². The van der Waals surface area contributed by atoms with Crippen molar-refractivity contribution in [1.29, 1.82) is 0 Å². The number of nitrogens with zero attached hydrogens (tertiary/aromatic N) is 2. The largest absolute Gasteiger partial charge is 0.388 e. The Balaban J connectivity index is 2.10. The molecule has 1 aliphatic rings. The van der Waals surface area contributed by atoms with Crippen LogP contribution in [0.3, 0.4) is 0 Å². The lowest BCUT2D eigenvalue weighted by molar-refractivity contribution is -0.0605. The number of aryl methyl sites for hydroxylation is 2. The second-order valence-corrected chi connectivity index (χ2v) is 6.05. The van der Waals surface area contributed by atoms with E-state index in [0.717, 1.165) is 0 Å². The standard InChI is InChI=1S/C14H21N3O3S/c1-9-11(13(21-3)17-10(2)16-9)12(18)15-8-14(19)4-6-20-7-5-14/h19H,4-8H2,1-3H3,(H,15,18). The van der Waals surface area contributed by atoms with Crippen molar-refractivity contribution in [1.82, 2.24) is 15.3 Å². The first-order valence-electron chi connectivity index (χ1n) is 6.93. The summed E-state index contributed by atoms with van der Waals surface area (Å²) in [5.74, 6) is 0.410. The van der Waals surface area contributed by atoms with Gasteiger partial charge >= 0.3 is 0 Å². The number of thioether (sulfide) groups is 1. The normalized spacial score (nSPS) is 17.5. The number of nitrogens with one attached hydrogen (secondary N) is 1. The number of carbonyl (C=O) groups is 1. The van der Waals surface area contributed by atoms with Gasteiger partial charge in [0.05, 0.1) is 16.9 Å². The van der Waals surface area contributed by atoms with Crippen LogP contribution < -0.4 is 5.32 Å². The van der Waals surface area contributed by atoms with Crippen molar-refractivity contribution in [2.24, 2.45) is 0 Å². The van der Waals surface area contributed by atoms with Crippen LogP contribution in [-0.2, 0) is 4.74 Å². The van der Waals surface area contributed by atoms with Crippen molar-refractivity contribution in [3.05, 3.63) is 17.1 Å². The minimum atomic E-state index is -0.882. The van der Waals surface area contributed by atoms with Crippen molar-refractivity contribution in [3.63, 3.8) is 0 Å². The van der Waals surface area contributed by atoms with Crippen molar-refractivity contribution in [2.75, 3.05) is 26.0 Å². The molecule has 0 bridgehead atoms. The summed E-state index contributed by atoms with van der Waals surface area (Å²) in [6, 6.07) is 0. The molecule has 1 aromatic heterocycles. The third kappa shape index (κ3) is 3.93. The molecule has 2 N–H and O–H groups in total. The monoisotopic (exact) mass is 311 g/mol. The summed E-state index contributed by atoms with van der Waals surface area (Å²) in [7, 11) is 0. The molecule has 1 aromatic rings. The summed E-state index contributed by atoms with van der Waals surface area (Å²) < 4.78 is 5.23. The fourth-order valence-corrected chi connectivity index (χ4v) is 3.02. The zero-order chi connectivity index (χ0) is 15.5. The second-order valence-electron chi connectivity index (χ2n) is 5.26. The molecule has 21 heavy (non-hydrogen) atoms. The van der Waals surface area contributed by atoms with E-state index in [1.54, 1.807) is 13.8 Å². The molecule has 1 fully saturated rings. The predicted octanol–water partition coefficient (Wildman–Crippen LogP) is 1.09. The molecule has 2 rings (SSSR count). The second kappa shape index (κ2) is 6.72. The van der Waals surface area contributed by atoms with Gasteiger partial charge in [-0.15, -0.1) is 11.8 Å². The molecule has 116 valence electrons. The number of rotatable bonds is 4. The SMILES string of the molecule is CSc1nc(C)nc(C)c1C(=O)NCC1(O)CCOCC1. The van der Waals surface area contributed by atoms with Crippen LogP contribution in [0.1, 0.15) is 34.7 Å². The van der Waals surface area contributed by atoms with Gasteiger partial charge in [0, 0.05) is 32.6 Å². The topological polar surface area (TPSA) is 84.3 Å². The molecule has 6 nitrogen and oxygen atoms in total. The van der Waals surface area contributed by atoms with E-state index in [1.807, 2.05) is 6.26 Å². The summed E-state index contributed by atoms with van der Waals surface area (Å²) >= 11 is 1.42. The van der Waals surface area contributed by atoms with Gasteiger partial charge in [-0.05, 0) is 20.1 Å². The molecular weight excluding hydrogens is 290 g/mol. The molecule has 1 aliphatic heterocycles. The number of aliphatic hydroxyl groups is 1. The first kappa shape index (κ1) is 16.2. The number of amides is 1. The van der Waals surface area contributed by atoms with Crippen LogP contribution in [0, 0.1) is 13.8 Å². The number of hydrogen-bond acceptors (Lipinski definition) is 6. The van der Waals surface area contributed by atoms with E-state index in [1.165, 1.54) is 11.8 Å². The molecule has 0 atom stereocenters. The maximum absolute atomic E-state index is 12.4. The molecule has 1 amide bonds. The lowest BCUT2D eigenvalue weighted by atomic mass is 9.94. The Morgan fingerprint density at radius 2 is 2.05 bits per heavy atom. The number of aromatic nitrogens is 2. The Hall–Kier alpha value is -1.18. The van der Waals surface area contributed by atoms with Gasteiger partial charge in [-0.1, -0.05) is 0 Å². The minimum Gasteiger partial charge on any atom is -0.388 e. The highest BCUT2D eigenvalue weighted by molar-refractivity contribution is 7.98. The van der Waals surface area contributed by atoms with E-state index in [0.29, 0.717) is 48.2 Å². The van der Waals surface area contributed by atoms with E-state index in [2.05, 4.69) is 15.3 Å². The van der Waals surface area contributed by atoms with E-state index in [9.17, 15) is 9.90 Å². The predicted molar refractivity (Wildman–Crippen MR) is 80.6 cm³/mol. The van der Waals surface area contributed by atoms with Gasteiger partial charge in [-0.3, -0.25) is 4.79 Å². The Morgan fingerprint density at radius 3 is 2.67 bits per heavy atom. The Kier molecular flexibility index (Phi) is 5.18. The highest BCUT2D eigenvalue weighted by Gasteiger charge is 2.30. The highest BCUT2D eigenvalue weighted by Crippen LogP contribution is 2.22. The minimum absolute atomic E-state index is 0.219. The van der Waals surface area contributed by atoms with Crippen LogP contribution in [0.2, 0.25) is 0 Å². The van der Waals surface area contributed by atoms with Crippen LogP contribution in [0.4, 0.5) is 0 Å². The van der Waals surface area contributed by atoms with Gasteiger partial charge in [-0.25, -0.2) is 9.97 Å². The third-order valence-electron chi connectivity index (χ3n) is 3.59. The molecule has 7 heteroatoms. The summed E-state index contributed by atoms with van der Waals surface area (Å²) in [5, 5.41) is 13.8. The van der Waals surface area contributed by atoms with Gasteiger partial charge in [-0.2, -0.15) is 0 Å². The van der Waals surface area contributed by atoms with Crippen LogP contribution in [-0.4, -0.2) is 52.6 Å². The van der Waals surface area contributed by atoms with Crippen LogP contribution in [0.5, 0.6) is 0 Å². The number of carbonyl (C=O) groups excluding carboxylic acids is 1. The van der Waals surface area contributed by atoms with E-state index in [4.69, 9.17) is 4.74 Å². The van der Waals surface area contributed by atoms with Crippen molar-refractivity contribution >= 4 is 17.7 Å². The molecular formula is C14H21N3O3S. The molecule has 0 spiro atoms. The van der Waals surface area contributed by atoms with Gasteiger partial charge in [0.2, 0.25) is 0 Å². The quantitative estimate of drug-likeness (QED) is 0.639. The Morgan fingerprint density at radius 1 is 1.38 bits per heavy atom. The van der Waals surface area contributed by atoms with Gasteiger partial charge in [0.15, 0.2) is 0 Å². The number of ether oxygens (including phenoxy) is 1. The Bertz CT molecular complexity index is 530. The van der Waals surface area contributed by atoms with Crippen molar-refractivity contribution in [2.45, 2.75) is 37.3 Å². The molecule has 0 unspecified atom stereocenters. The molecule has 0 aromatic carbocycles. The summed E-state index contributed by atoms with van der Waals surface area (Å²) in [4.78, 5) is 20.9. The first-order chi connectivity index (χ1) is 9.95. The van der Waals surface area contributed by atoms with Crippen LogP contribution >= 0.6 is 11.8 Å². The van der Waals surface area contributed by atoms with E-state index in [-0.39, 0.29) is 12.5 Å². The first-order valence-corrected chi connectivity index (χ1v) is 8.15. The number of hydrogen-bond donors (Lipinski definition) is 2. The van der Waals surface area contributed by atoms with Crippen molar-refractivity contribution < 1.29 is 14.6 Å². The fourth-order valence-electron chi connectivity index (χ4n) is 2.35. The summed E-state index contributed by atoms with van der Waals surface area (Å²) in [6.07, 6.45) is 2.95. The average Bonchev–Trinajstić information content (AvgIpc) is 2.45. The lowest BCUT2D eigenvalue weighted by Gasteiger charge is -2.32. The molecule has 0 radical (unpaired) electrons. The Labute approximate surface area is 128 Å². The average molecular weight is 311 g/mol. The molecule has 0 saturated carbocycles. The summed E-state index contributed by atoms with van der Waals surface area (Å²) in [6.45, 7) is 4.87. The lowest BCUT2D eigenvalue weighted by Crippen LogP contribution is -2.46. The maximum Gasteiger partial charge on any atom is 0.255 e. The van der Waals surface area contributed by atoms with Gasteiger partial charge < -0.3 is 15.2 Å². The smallest absolute Gasteiger partial charge is 0.255 e. The zero-order valence-electron chi connectivity index (χ0n) is 12.6. The molecule has 2 heterocycles. The van der Waals surface area contributed by atoms with E-state index >= 15 is 0 Å². The van der Waals surface area contributed by atoms with Gasteiger partial charge in [0.1, 0.15) is 10.9 Å². The maximum atomic E-state index is 12.4. The van der Waals surface area contributed by atoms with Crippen LogP contribution in [0.25, 0.3) is 0 Å². The molecule has 1 saturated heterocycles. The highest BCUT2D eigenvalue weighted by atomic mass is 32.2. The third-order valence-corrected chi connectivity index (χ3v) is 4.27. The summed E-state index contributed by atoms with van der Waals surface area (Å²) in [5.41, 5.74) is 0.263. The molecule has 0 aliphatic carbocycles.